The molecule has 0 fully saturated rings. The summed E-state index contributed by atoms with van der Waals surface area (Å²) in [7, 11) is 0. The number of nitrogens with two attached hydrogens (primary N) is 1. The van der Waals surface area contributed by atoms with Crippen molar-refractivity contribution in [3.63, 3.8) is 0 Å². The standard InChI is InChI=1S/C7H5F3N2O2/c8-7(9,10)5-3-4(1-2-12-5)14-6(11)13/h1-3H,(H2,11,13). The van der Waals surface area contributed by atoms with E-state index in [1.165, 1.54) is 0 Å². The molecule has 0 saturated carbocycles. The maximum Gasteiger partial charge on any atom is 0.433 e. The van der Waals surface area contributed by atoms with Crippen molar-refractivity contribution in [1.82, 2.24) is 4.98 Å². The summed E-state index contributed by atoms with van der Waals surface area (Å²) >= 11 is 0. The molecule has 0 aliphatic heterocycles. The summed E-state index contributed by atoms with van der Waals surface area (Å²) in [6, 6.07) is 1.69. The average Bonchev–Trinajstić information content (AvgIpc) is 2.01. The highest BCUT2D eigenvalue weighted by Gasteiger charge is 2.32. The van der Waals surface area contributed by atoms with Gasteiger partial charge in [-0.1, -0.05) is 0 Å². The van der Waals surface area contributed by atoms with Crippen molar-refractivity contribution in [2.45, 2.75) is 6.18 Å². The van der Waals surface area contributed by atoms with Gasteiger partial charge in [0.05, 0.1) is 0 Å². The van der Waals surface area contributed by atoms with Crippen molar-refractivity contribution >= 4 is 6.09 Å². The molecule has 0 saturated heterocycles. The van der Waals surface area contributed by atoms with E-state index in [4.69, 9.17) is 0 Å². The molecule has 1 heterocycles. The summed E-state index contributed by atoms with van der Waals surface area (Å²) in [5, 5.41) is 0. The molecular formula is C7H5F3N2O2. The predicted octanol–water partition coefficient (Wildman–Crippen LogP) is 1.56. The lowest BCUT2D eigenvalue weighted by molar-refractivity contribution is -0.141. The van der Waals surface area contributed by atoms with Gasteiger partial charge in [0.2, 0.25) is 0 Å². The number of rotatable bonds is 1. The number of pyridine rings is 1. The second-order valence-electron chi connectivity index (χ2n) is 2.30. The molecule has 0 unspecified atom stereocenters. The van der Waals surface area contributed by atoms with E-state index in [9.17, 15) is 18.0 Å². The lowest BCUT2D eigenvalue weighted by atomic mass is 10.3. The molecule has 7 heteroatoms. The van der Waals surface area contributed by atoms with Crippen LogP contribution >= 0.6 is 0 Å². The van der Waals surface area contributed by atoms with Gasteiger partial charge in [-0.05, 0) is 6.07 Å². The number of carbonyl (C=O) groups is 1. The fraction of sp³-hybridized carbons (Fsp3) is 0.143. The molecule has 1 amide bonds. The molecule has 4 nitrogen and oxygen atoms in total. The van der Waals surface area contributed by atoms with Gasteiger partial charge in [0, 0.05) is 12.3 Å². The Morgan fingerprint density at radius 1 is 1.50 bits per heavy atom. The van der Waals surface area contributed by atoms with Gasteiger partial charge >= 0.3 is 12.3 Å². The summed E-state index contributed by atoms with van der Waals surface area (Å²) in [6.07, 6.45) is -4.87. The number of aromatic nitrogens is 1. The van der Waals surface area contributed by atoms with E-state index >= 15 is 0 Å². The minimum Gasteiger partial charge on any atom is -0.410 e. The third-order valence-electron chi connectivity index (χ3n) is 1.24. The number of ether oxygens (including phenoxy) is 1. The molecule has 2 N–H and O–H groups in total. The monoisotopic (exact) mass is 206 g/mol. The first kappa shape index (κ1) is 10.3. The third kappa shape index (κ3) is 2.61. The SMILES string of the molecule is NC(=O)Oc1ccnc(C(F)(F)F)c1. The Balaban J connectivity index is 2.95. The van der Waals surface area contributed by atoms with Crippen LogP contribution in [-0.4, -0.2) is 11.1 Å². The zero-order valence-corrected chi connectivity index (χ0v) is 6.71. The predicted molar refractivity (Wildman–Crippen MR) is 39.5 cm³/mol. The number of hydrogen-bond acceptors (Lipinski definition) is 3. The zero-order valence-electron chi connectivity index (χ0n) is 6.71. The van der Waals surface area contributed by atoms with Gasteiger partial charge in [-0.2, -0.15) is 13.2 Å². The Bertz CT molecular complexity index is 351. The maximum absolute atomic E-state index is 12.1. The maximum atomic E-state index is 12.1. The topological polar surface area (TPSA) is 65.2 Å². The Hall–Kier alpha value is -1.79. The average molecular weight is 206 g/mol. The van der Waals surface area contributed by atoms with E-state index < -0.39 is 18.0 Å². The third-order valence-corrected chi connectivity index (χ3v) is 1.24. The highest BCUT2D eigenvalue weighted by atomic mass is 19.4. The van der Waals surface area contributed by atoms with E-state index in [2.05, 4.69) is 15.5 Å². The highest BCUT2D eigenvalue weighted by Crippen LogP contribution is 2.29. The van der Waals surface area contributed by atoms with E-state index in [1.54, 1.807) is 0 Å². The second kappa shape index (κ2) is 3.52. The van der Waals surface area contributed by atoms with Gasteiger partial charge in [-0.3, -0.25) is 4.98 Å². The van der Waals surface area contributed by atoms with Gasteiger partial charge in [-0.15, -0.1) is 0 Å². The van der Waals surface area contributed by atoms with Gasteiger partial charge in [0.15, 0.2) is 0 Å². The fourth-order valence-corrected chi connectivity index (χ4v) is 0.746. The van der Waals surface area contributed by atoms with Crippen molar-refractivity contribution in [2.75, 3.05) is 0 Å². The van der Waals surface area contributed by atoms with Crippen molar-refractivity contribution in [3.05, 3.63) is 24.0 Å². The number of alkyl halides is 3. The molecule has 0 radical (unpaired) electrons. The summed E-state index contributed by atoms with van der Waals surface area (Å²) in [6.45, 7) is 0. The quantitative estimate of drug-likeness (QED) is 0.758. The van der Waals surface area contributed by atoms with E-state index in [0.29, 0.717) is 6.07 Å². The Kier molecular flexibility index (Phi) is 2.59. The summed E-state index contributed by atoms with van der Waals surface area (Å²) < 4.78 is 40.5. The van der Waals surface area contributed by atoms with E-state index in [0.717, 1.165) is 12.3 Å². The number of nitrogens with zero attached hydrogens (tertiary/aromatic N) is 1. The second-order valence-corrected chi connectivity index (χ2v) is 2.30. The van der Waals surface area contributed by atoms with Crippen LogP contribution in [0, 0.1) is 0 Å². The van der Waals surface area contributed by atoms with E-state index in [1.807, 2.05) is 0 Å². The fourth-order valence-electron chi connectivity index (χ4n) is 0.746. The molecule has 1 aromatic heterocycles. The van der Waals surface area contributed by atoms with Gasteiger partial charge < -0.3 is 10.5 Å². The number of amides is 1. The van der Waals surface area contributed by atoms with Crippen LogP contribution in [0.2, 0.25) is 0 Å². The lowest BCUT2D eigenvalue weighted by Crippen LogP contribution is -2.17. The van der Waals surface area contributed by atoms with Crippen LogP contribution in [0.4, 0.5) is 18.0 Å². The Morgan fingerprint density at radius 2 is 2.14 bits per heavy atom. The smallest absolute Gasteiger partial charge is 0.410 e. The van der Waals surface area contributed by atoms with Crippen molar-refractivity contribution in [2.24, 2.45) is 5.73 Å². The van der Waals surface area contributed by atoms with Gasteiger partial charge in [0.25, 0.3) is 0 Å². The molecule has 14 heavy (non-hydrogen) atoms. The molecule has 0 aliphatic carbocycles. The minimum absolute atomic E-state index is 0.292. The molecule has 0 atom stereocenters. The first-order valence-electron chi connectivity index (χ1n) is 3.40. The van der Waals surface area contributed by atoms with Crippen molar-refractivity contribution in [3.8, 4) is 5.75 Å². The zero-order chi connectivity index (χ0) is 10.8. The minimum atomic E-state index is -4.57. The van der Waals surface area contributed by atoms with Crippen LogP contribution in [0.5, 0.6) is 5.75 Å². The molecule has 0 aromatic carbocycles. The number of halogens is 3. The lowest BCUT2D eigenvalue weighted by Gasteiger charge is -2.06. The largest absolute Gasteiger partial charge is 0.433 e. The van der Waals surface area contributed by atoms with Crippen molar-refractivity contribution in [1.29, 1.82) is 0 Å². The number of carbonyl (C=O) groups excluding carboxylic acids is 1. The normalized spacial score (nSPS) is 11.1. The first-order chi connectivity index (χ1) is 6.39. The highest BCUT2D eigenvalue weighted by molar-refractivity contribution is 5.67. The molecule has 0 bridgehead atoms. The van der Waals surface area contributed by atoms with Crippen LogP contribution in [0.25, 0.3) is 0 Å². The molecule has 76 valence electrons. The molecule has 0 spiro atoms. The number of hydrogen-bond donors (Lipinski definition) is 1. The van der Waals surface area contributed by atoms with E-state index in [-0.39, 0.29) is 5.75 Å². The number of primary amides is 1. The Labute approximate surface area is 76.5 Å². The van der Waals surface area contributed by atoms with Crippen LogP contribution < -0.4 is 10.5 Å². The molecular weight excluding hydrogens is 201 g/mol. The molecule has 1 rings (SSSR count). The van der Waals surface area contributed by atoms with Crippen molar-refractivity contribution < 1.29 is 22.7 Å². The Morgan fingerprint density at radius 3 is 2.64 bits per heavy atom. The molecule has 0 aliphatic rings. The molecule has 1 aromatic rings. The van der Waals surface area contributed by atoms with Crippen LogP contribution in [0.15, 0.2) is 18.3 Å². The summed E-state index contributed by atoms with van der Waals surface area (Å²) in [5.74, 6) is -0.292. The van der Waals surface area contributed by atoms with Crippen LogP contribution in [0.1, 0.15) is 5.69 Å². The van der Waals surface area contributed by atoms with Crippen LogP contribution in [-0.2, 0) is 6.18 Å². The van der Waals surface area contributed by atoms with Crippen LogP contribution in [0.3, 0.4) is 0 Å². The first-order valence-corrected chi connectivity index (χ1v) is 3.40. The summed E-state index contributed by atoms with van der Waals surface area (Å²) in [5.41, 5.74) is 3.48. The van der Waals surface area contributed by atoms with Gasteiger partial charge in [-0.25, -0.2) is 4.79 Å². The van der Waals surface area contributed by atoms with Gasteiger partial charge in [0.1, 0.15) is 11.4 Å². The summed E-state index contributed by atoms with van der Waals surface area (Å²) in [4.78, 5) is 13.3.